The van der Waals surface area contributed by atoms with Crippen LogP contribution in [-0.2, 0) is 10.0 Å². The number of nitrogens with one attached hydrogen (secondary N) is 1. The molecule has 21 heavy (non-hydrogen) atoms. The number of halogens is 1. The van der Waals surface area contributed by atoms with Gasteiger partial charge in [-0.05, 0) is 36.4 Å². The van der Waals surface area contributed by atoms with Crippen molar-refractivity contribution in [3.8, 4) is 12.1 Å². The zero-order valence-electron chi connectivity index (χ0n) is 10.5. The summed E-state index contributed by atoms with van der Waals surface area (Å²) in [6, 6.07) is 13.7. The Morgan fingerprint density at radius 2 is 1.81 bits per heavy atom. The molecule has 0 unspecified atom stereocenters. The van der Waals surface area contributed by atoms with Gasteiger partial charge < -0.3 is 0 Å². The third kappa shape index (κ3) is 3.32. The maximum Gasteiger partial charge on any atom is 0.261 e. The summed E-state index contributed by atoms with van der Waals surface area (Å²) in [6.45, 7) is 0. The number of anilines is 1. The second-order valence-electron chi connectivity index (χ2n) is 4.05. The van der Waals surface area contributed by atoms with Gasteiger partial charge in [-0.25, -0.2) is 8.42 Å². The van der Waals surface area contributed by atoms with Gasteiger partial charge >= 0.3 is 0 Å². The Kier molecular flexibility index (Phi) is 4.13. The van der Waals surface area contributed by atoms with Crippen LogP contribution in [0.4, 0.5) is 5.69 Å². The van der Waals surface area contributed by atoms with Crippen LogP contribution in [0.5, 0.6) is 0 Å². The minimum absolute atomic E-state index is 0.0612. The van der Waals surface area contributed by atoms with Gasteiger partial charge in [-0.1, -0.05) is 17.7 Å². The lowest BCUT2D eigenvalue weighted by Crippen LogP contribution is -2.13. The van der Waals surface area contributed by atoms with E-state index < -0.39 is 10.0 Å². The first-order valence-corrected chi connectivity index (χ1v) is 7.55. The molecule has 2 aromatic carbocycles. The van der Waals surface area contributed by atoms with E-state index in [2.05, 4.69) is 4.72 Å². The van der Waals surface area contributed by atoms with E-state index in [9.17, 15) is 8.42 Å². The molecular formula is C14H8ClN3O2S. The Morgan fingerprint density at radius 3 is 2.43 bits per heavy atom. The van der Waals surface area contributed by atoms with Gasteiger partial charge in [0.25, 0.3) is 10.0 Å². The molecule has 0 aliphatic carbocycles. The van der Waals surface area contributed by atoms with Gasteiger partial charge in [-0.15, -0.1) is 0 Å². The fourth-order valence-corrected chi connectivity index (χ4v) is 2.98. The van der Waals surface area contributed by atoms with Crippen LogP contribution in [-0.4, -0.2) is 8.42 Å². The Morgan fingerprint density at radius 1 is 1.05 bits per heavy atom. The van der Waals surface area contributed by atoms with Crippen LogP contribution < -0.4 is 4.72 Å². The number of hydrogen-bond donors (Lipinski definition) is 1. The van der Waals surface area contributed by atoms with Gasteiger partial charge in [0.1, 0.15) is 6.07 Å². The molecule has 0 bridgehead atoms. The van der Waals surface area contributed by atoms with E-state index >= 15 is 0 Å². The van der Waals surface area contributed by atoms with E-state index in [0.717, 1.165) is 0 Å². The fraction of sp³-hybridized carbons (Fsp3) is 0. The van der Waals surface area contributed by atoms with E-state index in [0.29, 0.717) is 5.56 Å². The molecule has 0 atom stereocenters. The molecule has 0 spiro atoms. The van der Waals surface area contributed by atoms with E-state index in [1.807, 2.05) is 12.1 Å². The largest absolute Gasteiger partial charge is 0.280 e. The zero-order valence-corrected chi connectivity index (χ0v) is 12.1. The van der Waals surface area contributed by atoms with Crippen molar-refractivity contribution in [2.24, 2.45) is 0 Å². The molecule has 5 nitrogen and oxygen atoms in total. The third-order valence-corrected chi connectivity index (χ3v) is 4.31. The fourth-order valence-electron chi connectivity index (χ4n) is 1.62. The smallest absolute Gasteiger partial charge is 0.261 e. The van der Waals surface area contributed by atoms with Crippen molar-refractivity contribution in [2.75, 3.05) is 4.72 Å². The first kappa shape index (κ1) is 14.9. The normalized spacial score (nSPS) is 10.4. The maximum absolute atomic E-state index is 12.2. The Labute approximate surface area is 127 Å². The number of rotatable bonds is 3. The number of benzene rings is 2. The standard InChI is InChI=1S/C14H8ClN3O2S/c15-14-7-13(5-4-11(14)9-17)21(19,20)18-12-3-1-2-10(6-12)8-16/h1-7,18H. The number of nitriles is 2. The molecule has 1 N–H and O–H groups in total. The summed E-state index contributed by atoms with van der Waals surface area (Å²) in [5.74, 6) is 0. The van der Waals surface area contributed by atoms with Crippen LogP contribution in [0.25, 0.3) is 0 Å². The average Bonchev–Trinajstić information content (AvgIpc) is 2.47. The monoisotopic (exact) mass is 317 g/mol. The van der Waals surface area contributed by atoms with Gasteiger partial charge in [-0.2, -0.15) is 10.5 Å². The number of nitrogens with zero attached hydrogens (tertiary/aromatic N) is 2. The third-order valence-electron chi connectivity index (χ3n) is 2.62. The van der Waals surface area contributed by atoms with Gasteiger partial charge in [0.05, 0.1) is 32.8 Å². The molecule has 0 aliphatic rings. The molecule has 0 saturated heterocycles. The van der Waals surface area contributed by atoms with Gasteiger partial charge in [0.2, 0.25) is 0 Å². The highest BCUT2D eigenvalue weighted by atomic mass is 35.5. The number of hydrogen-bond acceptors (Lipinski definition) is 4. The zero-order chi connectivity index (χ0) is 15.5. The summed E-state index contributed by atoms with van der Waals surface area (Å²) in [7, 11) is -3.84. The van der Waals surface area contributed by atoms with Crippen molar-refractivity contribution in [3.63, 3.8) is 0 Å². The molecule has 0 amide bonds. The highest BCUT2D eigenvalue weighted by molar-refractivity contribution is 7.92. The van der Waals surface area contributed by atoms with Gasteiger partial charge in [-0.3, -0.25) is 4.72 Å². The van der Waals surface area contributed by atoms with Gasteiger partial charge in [0.15, 0.2) is 0 Å². The minimum Gasteiger partial charge on any atom is -0.280 e. The topological polar surface area (TPSA) is 93.8 Å². The summed E-state index contributed by atoms with van der Waals surface area (Å²) in [4.78, 5) is -0.0612. The molecule has 0 saturated carbocycles. The van der Waals surface area contributed by atoms with Crippen LogP contribution in [0.15, 0.2) is 47.4 Å². The minimum atomic E-state index is -3.84. The van der Waals surface area contributed by atoms with Crippen molar-refractivity contribution in [3.05, 3.63) is 58.6 Å². The SMILES string of the molecule is N#Cc1cccc(NS(=O)(=O)c2ccc(C#N)c(Cl)c2)c1. The molecule has 0 fully saturated rings. The van der Waals surface area contributed by atoms with E-state index in [1.54, 1.807) is 12.1 Å². The van der Waals surface area contributed by atoms with E-state index in [4.69, 9.17) is 22.1 Å². The van der Waals surface area contributed by atoms with Crippen molar-refractivity contribution >= 4 is 27.3 Å². The quantitative estimate of drug-likeness (QED) is 0.941. The number of sulfonamides is 1. The van der Waals surface area contributed by atoms with Crippen molar-refractivity contribution in [1.29, 1.82) is 10.5 Å². The lowest BCUT2D eigenvalue weighted by molar-refractivity contribution is 0.601. The summed E-state index contributed by atoms with van der Waals surface area (Å²) < 4.78 is 26.8. The van der Waals surface area contributed by atoms with E-state index in [-0.39, 0.29) is 21.2 Å². The molecule has 0 radical (unpaired) electrons. The predicted octanol–water partition coefficient (Wildman–Crippen LogP) is 2.88. The van der Waals surface area contributed by atoms with Crippen molar-refractivity contribution in [2.45, 2.75) is 4.90 Å². The molecule has 104 valence electrons. The van der Waals surface area contributed by atoms with Crippen molar-refractivity contribution < 1.29 is 8.42 Å². The molecule has 7 heteroatoms. The summed E-state index contributed by atoms with van der Waals surface area (Å²) >= 11 is 5.83. The molecule has 0 heterocycles. The predicted molar refractivity (Wildman–Crippen MR) is 78.1 cm³/mol. The Bertz CT molecular complexity index is 880. The first-order chi connectivity index (χ1) is 9.96. The summed E-state index contributed by atoms with van der Waals surface area (Å²) in [5.41, 5.74) is 0.810. The molecule has 2 rings (SSSR count). The molecule has 0 aromatic heterocycles. The second-order valence-corrected chi connectivity index (χ2v) is 6.14. The van der Waals surface area contributed by atoms with Crippen LogP contribution in [0.3, 0.4) is 0 Å². The highest BCUT2D eigenvalue weighted by Gasteiger charge is 2.16. The molecule has 2 aromatic rings. The van der Waals surface area contributed by atoms with Crippen LogP contribution in [0.1, 0.15) is 11.1 Å². The van der Waals surface area contributed by atoms with E-state index in [1.165, 1.54) is 30.3 Å². The first-order valence-electron chi connectivity index (χ1n) is 5.69. The molecule has 0 aliphatic heterocycles. The van der Waals surface area contributed by atoms with Crippen LogP contribution in [0, 0.1) is 22.7 Å². The maximum atomic E-state index is 12.2. The highest BCUT2D eigenvalue weighted by Crippen LogP contribution is 2.22. The second kappa shape index (κ2) is 5.84. The summed E-state index contributed by atoms with van der Waals surface area (Å²) in [5, 5.41) is 17.6. The van der Waals surface area contributed by atoms with Gasteiger partial charge in [0, 0.05) is 0 Å². The molecular weight excluding hydrogens is 310 g/mol. The van der Waals surface area contributed by atoms with Crippen molar-refractivity contribution in [1.82, 2.24) is 0 Å². The lowest BCUT2D eigenvalue weighted by atomic mass is 10.2. The summed E-state index contributed by atoms with van der Waals surface area (Å²) in [6.07, 6.45) is 0. The van der Waals surface area contributed by atoms with Crippen LogP contribution in [0.2, 0.25) is 5.02 Å². The average molecular weight is 318 g/mol. The van der Waals surface area contributed by atoms with Crippen LogP contribution >= 0.6 is 11.6 Å². The Hall–Kier alpha value is -2.54. The lowest BCUT2D eigenvalue weighted by Gasteiger charge is -2.09. The Balaban J connectivity index is 2.37.